The monoisotopic (exact) mass is 386 g/mol. The van der Waals surface area contributed by atoms with E-state index in [4.69, 9.17) is 5.26 Å². The molecule has 0 aromatic heterocycles. The van der Waals surface area contributed by atoms with Crippen LogP contribution in [0.15, 0.2) is 60.7 Å². The lowest BCUT2D eigenvalue weighted by molar-refractivity contribution is -0.283. The summed E-state index contributed by atoms with van der Waals surface area (Å²) >= 11 is 0. The van der Waals surface area contributed by atoms with Crippen molar-refractivity contribution >= 4 is 0 Å². The van der Waals surface area contributed by atoms with Crippen LogP contribution in [0.4, 0.5) is 0 Å². The molecule has 1 atom stereocenters. The van der Waals surface area contributed by atoms with Crippen LogP contribution < -0.4 is 0 Å². The zero-order valence-corrected chi connectivity index (χ0v) is 17.4. The van der Waals surface area contributed by atoms with E-state index < -0.39 is 0 Å². The van der Waals surface area contributed by atoms with Gasteiger partial charge in [0.05, 0.1) is 0 Å². The lowest BCUT2D eigenvalue weighted by atomic mass is 10.0. The molecule has 1 unspecified atom stereocenters. The van der Waals surface area contributed by atoms with Gasteiger partial charge in [-0.05, 0) is 56.2 Å². The van der Waals surface area contributed by atoms with Gasteiger partial charge >= 0.3 is 0 Å². The van der Waals surface area contributed by atoms with Crippen molar-refractivity contribution in [1.29, 1.82) is 0 Å². The van der Waals surface area contributed by atoms with Gasteiger partial charge in [-0.1, -0.05) is 87.6 Å². The molecule has 0 spiro atoms. The number of hydrogen-bond donors (Lipinski definition) is 2. The maximum atomic E-state index is 9.32. The van der Waals surface area contributed by atoms with E-state index in [9.17, 15) is 5.11 Å². The van der Waals surface area contributed by atoms with E-state index in [1.54, 1.807) is 24.3 Å². The second-order valence-corrected chi connectivity index (χ2v) is 7.18. The number of benzene rings is 1. The van der Waals surface area contributed by atoms with Crippen LogP contribution in [0.5, 0.6) is 5.75 Å². The zero-order chi connectivity index (χ0) is 20.3. The minimum Gasteiger partial charge on any atom is -0.508 e. The van der Waals surface area contributed by atoms with Crippen molar-refractivity contribution in [1.82, 2.24) is 0 Å². The van der Waals surface area contributed by atoms with E-state index in [0.717, 1.165) is 44.1 Å². The number of allylic oxidation sites excluding steroid dienone is 6. The van der Waals surface area contributed by atoms with Crippen LogP contribution in [0.1, 0.15) is 89.2 Å². The highest BCUT2D eigenvalue weighted by molar-refractivity contribution is 5.27. The van der Waals surface area contributed by atoms with Crippen LogP contribution in [0.2, 0.25) is 0 Å². The Bertz CT molecular complexity index is 558. The van der Waals surface area contributed by atoms with Crippen LogP contribution in [0.25, 0.3) is 0 Å². The molecule has 0 aliphatic rings. The van der Waals surface area contributed by atoms with E-state index in [1.807, 2.05) is 0 Å². The van der Waals surface area contributed by atoms with Gasteiger partial charge in [-0.25, -0.2) is 4.89 Å². The number of phenolic OH excluding ortho intramolecular Hbond substituents is 1. The lowest BCUT2D eigenvalue weighted by Crippen LogP contribution is -2.01. The number of rotatable bonds is 16. The average molecular weight is 387 g/mol. The Morgan fingerprint density at radius 2 is 1.36 bits per heavy atom. The number of phenols is 1. The number of hydrogen-bond acceptors (Lipinski definition) is 3. The molecule has 1 rings (SSSR count). The smallest absolute Gasteiger partial charge is 0.118 e. The Morgan fingerprint density at radius 3 is 2.00 bits per heavy atom. The summed E-state index contributed by atoms with van der Waals surface area (Å²) in [6, 6.07) is 6.83. The van der Waals surface area contributed by atoms with Crippen molar-refractivity contribution in [2.45, 2.75) is 83.7 Å². The van der Waals surface area contributed by atoms with Gasteiger partial charge in [0, 0.05) is 0 Å². The minimum absolute atomic E-state index is 0.228. The molecule has 0 radical (unpaired) electrons. The SMILES string of the molecule is CC/C=C/C/C=C/C/C=C/CCCCCCCCC(OO)c1ccc(O)cc1. The fourth-order valence-corrected chi connectivity index (χ4v) is 3.09. The number of aromatic hydroxyl groups is 1. The maximum Gasteiger partial charge on any atom is 0.118 e. The maximum absolute atomic E-state index is 9.32. The van der Waals surface area contributed by atoms with Crippen LogP contribution in [-0.4, -0.2) is 10.4 Å². The molecule has 156 valence electrons. The van der Waals surface area contributed by atoms with E-state index in [-0.39, 0.29) is 11.9 Å². The minimum atomic E-state index is -0.303. The van der Waals surface area contributed by atoms with Crippen molar-refractivity contribution in [3.8, 4) is 5.75 Å². The fourth-order valence-electron chi connectivity index (χ4n) is 3.09. The molecule has 1 aromatic carbocycles. The van der Waals surface area contributed by atoms with Crippen molar-refractivity contribution in [3.05, 3.63) is 66.3 Å². The Labute approximate surface area is 171 Å². The summed E-state index contributed by atoms with van der Waals surface area (Å²) in [5.74, 6) is 0.228. The molecular formula is C25H38O3. The summed E-state index contributed by atoms with van der Waals surface area (Å²) in [4.78, 5) is 4.60. The van der Waals surface area contributed by atoms with E-state index in [2.05, 4.69) is 48.3 Å². The van der Waals surface area contributed by atoms with E-state index in [1.165, 1.54) is 32.1 Å². The Kier molecular flexibility index (Phi) is 14.9. The van der Waals surface area contributed by atoms with Gasteiger partial charge in [-0.3, -0.25) is 5.26 Å². The molecule has 0 bridgehead atoms. The van der Waals surface area contributed by atoms with Gasteiger partial charge in [0.2, 0.25) is 0 Å². The van der Waals surface area contributed by atoms with Gasteiger partial charge in [0.1, 0.15) is 11.9 Å². The summed E-state index contributed by atoms with van der Waals surface area (Å²) in [6.45, 7) is 2.16. The van der Waals surface area contributed by atoms with Crippen LogP contribution >= 0.6 is 0 Å². The van der Waals surface area contributed by atoms with Gasteiger partial charge in [0.25, 0.3) is 0 Å². The molecule has 2 N–H and O–H groups in total. The first-order valence-corrected chi connectivity index (χ1v) is 10.8. The first-order valence-electron chi connectivity index (χ1n) is 10.8. The third-order valence-corrected chi connectivity index (χ3v) is 4.76. The van der Waals surface area contributed by atoms with Gasteiger partial charge in [-0.15, -0.1) is 0 Å². The van der Waals surface area contributed by atoms with Crippen LogP contribution in [-0.2, 0) is 4.89 Å². The highest BCUT2D eigenvalue weighted by Gasteiger charge is 2.11. The lowest BCUT2D eigenvalue weighted by Gasteiger charge is -2.13. The average Bonchev–Trinajstić information content (AvgIpc) is 2.71. The van der Waals surface area contributed by atoms with E-state index >= 15 is 0 Å². The first-order chi connectivity index (χ1) is 13.8. The van der Waals surface area contributed by atoms with Gasteiger partial charge < -0.3 is 5.11 Å². The molecule has 1 aromatic rings. The van der Waals surface area contributed by atoms with Gasteiger partial charge in [-0.2, -0.15) is 0 Å². The summed E-state index contributed by atoms with van der Waals surface area (Å²) < 4.78 is 0. The molecule has 0 amide bonds. The molecule has 0 fully saturated rings. The van der Waals surface area contributed by atoms with Crippen molar-refractivity contribution in [3.63, 3.8) is 0 Å². The summed E-state index contributed by atoms with van der Waals surface area (Å²) in [6.07, 6.45) is 25.5. The largest absolute Gasteiger partial charge is 0.508 e. The second kappa shape index (κ2) is 17.3. The van der Waals surface area contributed by atoms with Gasteiger partial charge in [0.15, 0.2) is 0 Å². The predicted octanol–water partition coefficient (Wildman–Crippen LogP) is 7.90. The van der Waals surface area contributed by atoms with Crippen LogP contribution in [0, 0.1) is 0 Å². The number of unbranched alkanes of at least 4 members (excludes halogenated alkanes) is 6. The topological polar surface area (TPSA) is 49.7 Å². The predicted molar refractivity (Wildman–Crippen MR) is 118 cm³/mol. The standard InChI is InChI=1S/C25H38O3/c1-2-3-4-5-6-7-8-9-10-11-12-13-14-15-16-17-18-25(28-27)23-19-21-24(26)22-20-23/h3-4,6-7,9-10,19-22,25-27H,2,5,8,11-18H2,1H3/b4-3+,7-6+,10-9+. The third kappa shape index (κ3) is 12.5. The Morgan fingerprint density at radius 1 is 0.786 bits per heavy atom. The molecule has 3 nitrogen and oxygen atoms in total. The molecule has 0 aliphatic carbocycles. The molecule has 0 heterocycles. The second-order valence-electron chi connectivity index (χ2n) is 7.18. The van der Waals surface area contributed by atoms with Crippen LogP contribution in [0.3, 0.4) is 0 Å². The molecule has 0 aliphatic heterocycles. The molecule has 3 heteroatoms. The van der Waals surface area contributed by atoms with E-state index in [0.29, 0.717) is 0 Å². The van der Waals surface area contributed by atoms with Crippen molar-refractivity contribution in [2.24, 2.45) is 0 Å². The third-order valence-electron chi connectivity index (χ3n) is 4.76. The zero-order valence-electron chi connectivity index (χ0n) is 17.4. The van der Waals surface area contributed by atoms with Crippen molar-refractivity contribution in [2.75, 3.05) is 0 Å². The normalized spacial score (nSPS) is 13.2. The fraction of sp³-hybridized carbons (Fsp3) is 0.520. The molecule has 0 saturated carbocycles. The quantitative estimate of drug-likeness (QED) is 0.131. The Hall–Kier alpha value is -1.84. The molecule has 0 saturated heterocycles. The summed E-state index contributed by atoms with van der Waals surface area (Å²) in [7, 11) is 0. The summed E-state index contributed by atoms with van der Waals surface area (Å²) in [5.41, 5.74) is 0.902. The van der Waals surface area contributed by atoms with Crippen molar-refractivity contribution < 1.29 is 15.3 Å². The molecule has 28 heavy (non-hydrogen) atoms. The Balaban J connectivity index is 1.96. The first kappa shape index (κ1) is 24.2. The highest BCUT2D eigenvalue weighted by atomic mass is 17.1. The highest BCUT2D eigenvalue weighted by Crippen LogP contribution is 2.25. The summed E-state index contributed by atoms with van der Waals surface area (Å²) in [5, 5.41) is 18.4. The molecular weight excluding hydrogens is 348 g/mol.